The van der Waals surface area contributed by atoms with Gasteiger partial charge >= 0.3 is 5.97 Å². The third-order valence-electron chi connectivity index (χ3n) is 18.1. The molecule has 0 amide bonds. The first-order chi connectivity index (χ1) is 51.2. The number of hydrogen-bond acceptors (Lipinski definition) is 11. The first-order valence-corrected chi connectivity index (χ1v) is 38.2. The Morgan fingerprint density at radius 1 is 0.472 bits per heavy atom. The zero-order valence-electron chi connectivity index (χ0n) is 61.4. The van der Waals surface area contributed by atoms with Crippen LogP contribution < -0.4 is 20.9 Å². The number of aryl methyl sites for hydroxylation is 3. The van der Waals surface area contributed by atoms with E-state index >= 15 is 0 Å². The Hall–Kier alpha value is -11.3. The van der Waals surface area contributed by atoms with E-state index in [1.54, 1.807) is 66.8 Å². The summed E-state index contributed by atoms with van der Waals surface area (Å²) in [5.74, 6) is 0.131. The molecule has 106 heavy (non-hydrogen) atoms. The van der Waals surface area contributed by atoms with E-state index in [4.69, 9.17) is 4.74 Å². The fourth-order valence-electron chi connectivity index (χ4n) is 12.6. The molecule has 12 heteroatoms. The molecule has 1 N–H and O–H groups in total. The molecule has 0 atom stereocenters. The Balaban J connectivity index is 0.000000149. The minimum atomic E-state index is -3.44. The van der Waals surface area contributed by atoms with Gasteiger partial charge in [0.15, 0.2) is 22.8 Å². The molecule has 536 valence electrons. The van der Waals surface area contributed by atoms with Crippen molar-refractivity contribution in [1.29, 1.82) is 0 Å². The summed E-state index contributed by atoms with van der Waals surface area (Å²) < 4.78 is 21.2. The van der Waals surface area contributed by atoms with Gasteiger partial charge in [-0.1, -0.05) is 312 Å². The SMILES string of the molecule is CC(C)c1cccc2sc3ccccc3c(=O)c12.CCOC(=O)c1ccc(N(C)C)cc1.Cc1cc(C)c(C(=O)P(=O)(c2ccccc2)c2ccccc2)c(C)c1.O=C(c1ccccc1)C1(O)CCCCC1.O=C(c1ccccc1)c1ccc(-c2ccccc2)cc1.O=C(c1ccccc1)c1ccccc1. The van der Waals surface area contributed by atoms with E-state index in [9.17, 15) is 38.4 Å². The maximum Gasteiger partial charge on any atom is 0.338 e. The quantitative estimate of drug-likeness (QED) is 0.0454. The fraction of sp³-hybridized carbons (Fsp3) is 0.170. The summed E-state index contributed by atoms with van der Waals surface area (Å²) in [5.41, 5.74) is 10.8. The van der Waals surface area contributed by atoms with E-state index in [1.165, 1.54) is 0 Å². The molecule has 1 aliphatic rings. The number of aliphatic hydroxyl groups is 1. The number of fused-ring (bicyclic) bond motifs is 2. The second kappa shape index (κ2) is 38.4. The summed E-state index contributed by atoms with van der Waals surface area (Å²) >= 11 is 1.70. The Bertz CT molecular complexity index is 5040. The van der Waals surface area contributed by atoms with Crippen molar-refractivity contribution < 1.29 is 38.4 Å². The van der Waals surface area contributed by atoms with Gasteiger partial charge in [-0.15, -0.1) is 11.3 Å². The van der Waals surface area contributed by atoms with Crippen molar-refractivity contribution in [1.82, 2.24) is 0 Å². The monoisotopic (exact) mass is 1440 g/mol. The van der Waals surface area contributed by atoms with Crippen LogP contribution in [0.2, 0.25) is 0 Å². The van der Waals surface area contributed by atoms with Crippen molar-refractivity contribution in [3.8, 4) is 11.1 Å². The summed E-state index contributed by atoms with van der Waals surface area (Å²) in [6.45, 7) is 12.3. The van der Waals surface area contributed by atoms with Gasteiger partial charge in [0.25, 0.3) is 0 Å². The van der Waals surface area contributed by atoms with Gasteiger partial charge in [0.05, 0.1) is 12.2 Å². The van der Waals surface area contributed by atoms with Crippen LogP contribution in [0.3, 0.4) is 0 Å². The fourth-order valence-corrected chi connectivity index (χ4v) is 16.3. The van der Waals surface area contributed by atoms with Crippen LogP contribution in [0.25, 0.3) is 31.3 Å². The van der Waals surface area contributed by atoms with Crippen molar-refractivity contribution in [2.24, 2.45) is 0 Å². The van der Waals surface area contributed by atoms with Crippen molar-refractivity contribution in [2.75, 3.05) is 25.6 Å². The Kier molecular flexibility index (Phi) is 28.6. The third kappa shape index (κ3) is 20.5. The molecule has 0 radical (unpaired) electrons. The second-order valence-electron chi connectivity index (χ2n) is 26.3. The van der Waals surface area contributed by atoms with E-state index < -0.39 is 12.7 Å². The zero-order chi connectivity index (χ0) is 75.6. The number of ether oxygens (including phenoxy) is 1. The summed E-state index contributed by atoms with van der Waals surface area (Å²) in [5, 5.41) is 13.1. The van der Waals surface area contributed by atoms with Crippen molar-refractivity contribution in [3.63, 3.8) is 0 Å². The van der Waals surface area contributed by atoms with Crippen LogP contribution in [0.5, 0.6) is 0 Å². The molecular weight excluding hydrogens is 1350 g/mol. The largest absolute Gasteiger partial charge is 0.462 e. The lowest BCUT2D eigenvalue weighted by Gasteiger charge is -2.30. The lowest BCUT2D eigenvalue weighted by Crippen LogP contribution is -2.40. The van der Waals surface area contributed by atoms with E-state index in [0.717, 1.165) is 101 Å². The Labute approximate surface area is 627 Å². The topological polar surface area (TPSA) is 152 Å². The van der Waals surface area contributed by atoms with Crippen LogP contribution in [-0.4, -0.2) is 60.3 Å². The van der Waals surface area contributed by atoms with Gasteiger partial charge < -0.3 is 19.3 Å². The average Bonchev–Trinajstić information content (AvgIpc) is 0.775. The number of rotatable bonds is 15. The number of carbonyl (C=O) groups is 5. The summed E-state index contributed by atoms with van der Waals surface area (Å²) in [6, 6.07) is 98.4. The second-order valence-corrected chi connectivity index (χ2v) is 30.1. The smallest absolute Gasteiger partial charge is 0.338 e. The number of ketones is 3. The van der Waals surface area contributed by atoms with Gasteiger partial charge in [0, 0.05) is 83.9 Å². The molecule has 0 aliphatic heterocycles. The number of nitrogens with zero attached hydrogens (tertiary/aromatic N) is 1. The average molecular weight is 1440 g/mol. The molecule has 0 spiro atoms. The number of esters is 1. The van der Waals surface area contributed by atoms with Gasteiger partial charge in [0.2, 0.25) is 12.7 Å². The molecule has 1 fully saturated rings. The minimum absolute atomic E-state index is 0.0604. The molecule has 10 nitrogen and oxygen atoms in total. The third-order valence-corrected chi connectivity index (χ3v) is 22.1. The molecule has 0 unspecified atom stereocenters. The van der Waals surface area contributed by atoms with Gasteiger partial charge in [-0.3, -0.25) is 24.0 Å². The standard InChI is InChI=1S/C22H21O2P.C19H14O.C16H14OS.C13H16O2.C13H10O.C11H15NO2/c1-16-14-17(2)21(18(3)15-16)22(23)25(24,19-10-6-4-7-11-19)20-12-8-5-9-13-20;20-19(17-9-5-2-6-10-17)18-13-11-16(12-14-18)15-7-3-1-4-8-15;1-10(2)11-7-5-9-14-15(11)16(17)12-6-3-4-8-13(12)18-14;14-12(11-7-3-1-4-8-11)13(15)9-5-2-6-10-13;14-13(11-7-3-1-4-8-11)12-9-5-2-6-10-12;1-4-14-11(13)9-5-7-10(8-6-9)12(2)3/h4-15H,1-3H3;1-14H;3-10H,1-2H3;1,3-4,7-8,15H,2,5-6,9-10H2;1-10H;5-8H,4H2,1-3H3. The highest BCUT2D eigenvalue weighted by Gasteiger charge is 2.39. The lowest BCUT2D eigenvalue weighted by atomic mass is 9.79. The highest BCUT2D eigenvalue weighted by atomic mass is 32.1. The van der Waals surface area contributed by atoms with Crippen LogP contribution >= 0.6 is 18.5 Å². The van der Waals surface area contributed by atoms with E-state index in [-0.39, 0.29) is 34.3 Å². The molecule has 13 aromatic rings. The molecule has 0 saturated heterocycles. The number of Topliss-reactive ketones (excluding diaryl/α,β-unsaturated/α-hetero) is 1. The van der Waals surface area contributed by atoms with E-state index in [1.807, 2.05) is 288 Å². The van der Waals surface area contributed by atoms with Crippen LogP contribution in [0.4, 0.5) is 5.69 Å². The number of hydrogen-bond donors (Lipinski definition) is 1. The maximum atomic E-state index is 14.2. The molecule has 1 heterocycles. The predicted octanol–water partition coefficient (Wildman–Crippen LogP) is 21.3. The first kappa shape index (κ1) is 78.8. The molecule has 1 aromatic heterocycles. The minimum Gasteiger partial charge on any atom is -0.462 e. The van der Waals surface area contributed by atoms with Crippen LogP contribution in [0.15, 0.2) is 320 Å². The summed E-state index contributed by atoms with van der Waals surface area (Å²) in [6.07, 6.45) is 4.26. The highest BCUT2D eigenvalue weighted by Crippen LogP contribution is 2.48. The highest BCUT2D eigenvalue weighted by molar-refractivity contribution is 7.93. The molecule has 14 rings (SSSR count). The number of anilines is 1. The first-order valence-electron chi connectivity index (χ1n) is 35.7. The Morgan fingerprint density at radius 2 is 0.868 bits per heavy atom. The van der Waals surface area contributed by atoms with Crippen LogP contribution in [0, 0.1) is 20.8 Å². The molecule has 0 bridgehead atoms. The normalized spacial score (nSPS) is 11.9. The number of benzene rings is 12. The number of carbonyl (C=O) groups excluding carboxylic acids is 5. The Morgan fingerprint density at radius 3 is 1.32 bits per heavy atom. The van der Waals surface area contributed by atoms with Gasteiger partial charge in [-0.2, -0.15) is 0 Å². The zero-order valence-corrected chi connectivity index (χ0v) is 63.1. The van der Waals surface area contributed by atoms with Crippen molar-refractivity contribution >= 4 is 83.8 Å². The van der Waals surface area contributed by atoms with E-state index in [2.05, 4.69) is 32.0 Å². The van der Waals surface area contributed by atoms with Crippen molar-refractivity contribution in [3.05, 3.63) is 387 Å². The van der Waals surface area contributed by atoms with E-state index in [0.29, 0.717) is 52.7 Å². The van der Waals surface area contributed by atoms with Gasteiger partial charge in [0.1, 0.15) is 5.60 Å². The van der Waals surface area contributed by atoms with Crippen LogP contribution in [-0.2, 0) is 9.30 Å². The van der Waals surface area contributed by atoms with Crippen molar-refractivity contribution in [2.45, 2.75) is 85.2 Å². The van der Waals surface area contributed by atoms with Gasteiger partial charge in [-0.05, 0) is 117 Å². The summed E-state index contributed by atoms with van der Waals surface area (Å²) in [7, 11) is 0.471. The molecule has 1 aliphatic carbocycles. The predicted molar refractivity (Wildman–Crippen MR) is 438 cm³/mol. The summed E-state index contributed by atoms with van der Waals surface area (Å²) in [4.78, 5) is 75.7. The maximum absolute atomic E-state index is 14.2. The van der Waals surface area contributed by atoms with Crippen LogP contribution in [0.1, 0.15) is 144 Å². The van der Waals surface area contributed by atoms with Gasteiger partial charge in [-0.25, -0.2) is 4.79 Å². The molecule has 12 aromatic carbocycles. The molecule has 1 saturated carbocycles. The molecular formula is C94H90NO9PS. The lowest BCUT2D eigenvalue weighted by molar-refractivity contribution is 0.0116.